The van der Waals surface area contributed by atoms with Crippen LogP contribution in [0.1, 0.15) is 63.4 Å². The number of ether oxygens (including phenoxy) is 2. The van der Waals surface area contributed by atoms with Crippen molar-refractivity contribution in [3.05, 3.63) is 66.0 Å². The van der Waals surface area contributed by atoms with Crippen LogP contribution in [0.25, 0.3) is 22.2 Å². The average Bonchev–Trinajstić information content (AvgIpc) is 3.41. The molecule has 4 aromatic rings. The molecule has 14 heteroatoms. The first-order valence-electron chi connectivity index (χ1n) is 14.0. The molecule has 3 unspecified atom stereocenters. The van der Waals surface area contributed by atoms with Gasteiger partial charge >= 0.3 is 14.4 Å². The first-order valence-corrected chi connectivity index (χ1v) is 15.5. The Morgan fingerprint density at radius 2 is 1.91 bits per heavy atom. The van der Waals surface area contributed by atoms with E-state index in [-0.39, 0.29) is 42.6 Å². The van der Waals surface area contributed by atoms with Gasteiger partial charge in [-0.25, -0.2) is 19.5 Å². The Balaban J connectivity index is 1.27. The number of epoxide rings is 1. The summed E-state index contributed by atoms with van der Waals surface area (Å²) in [6.07, 6.45) is 3.72. The van der Waals surface area contributed by atoms with Crippen LogP contribution in [0, 0.1) is 0 Å². The normalized spacial score (nSPS) is 23.8. The summed E-state index contributed by atoms with van der Waals surface area (Å²) in [6, 6.07) is 10.7. The molecule has 0 aliphatic carbocycles. The molecule has 0 radical (unpaired) electrons. The van der Waals surface area contributed by atoms with Crippen LogP contribution in [0.3, 0.4) is 0 Å². The molecule has 1 fully saturated rings. The highest BCUT2D eigenvalue weighted by atomic mass is 31.2. The molecule has 11 nitrogen and oxygen atoms in total. The van der Waals surface area contributed by atoms with Gasteiger partial charge in [0.25, 0.3) is 0 Å². The van der Waals surface area contributed by atoms with Gasteiger partial charge in [-0.05, 0) is 57.5 Å². The van der Waals surface area contributed by atoms with E-state index in [2.05, 4.69) is 19.4 Å². The van der Waals surface area contributed by atoms with Crippen LogP contribution >= 0.6 is 7.82 Å². The topological polar surface area (TPSA) is 124 Å². The minimum atomic E-state index is -4.28. The van der Waals surface area contributed by atoms with Gasteiger partial charge in [0.05, 0.1) is 29.7 Å². The number of alkyl halides is 2. The SMILES string of the molecule is CCOP(=O)(O)OC(C)(C)c1ncc(-c2ccc3nc4n(c3c2)[C@@H]2C[C@H]4N(C3OC3C)c3cccc(OC(F)F)c32)cn1. The lowest BCUT2D eigenvalue weighted by molar-refractivity contribution is -0.0507. The first-order chi connectivity index (χ1) is 20.5. The van der Waals surface area contributed by atoms with E-state index in [0.29, 0.717) is 17.5 Å². The van der Waals surface area contributed by atoms with Gasteiger partial charge in [-0.1, -0.05) is 12.1 Å². The van der Waals surface area contributed by atoms with E-state index >= 15 is 0 Å². The third-order valence-electron chi connectivity index (χ3n) is 8.09. The quantitative estimate of drug-likeness (QED) is 0.175. The van der Waals surface area contributed by atoms with Crippen molar-refractivity contribution in [3.8, 4) is 16.9 Å². The van der Waals surface area contributed by atoms with Gasteiger partial charge in [0.1, 0.15) is 23.3 Å². The number of phosphoric acid groups is 1. The van der Waals surface area contributed by atoms with Gasteiger partial charge < -0.3 is 23.8 Å². The number of anilines is 1. The zero-order valence-corrected chi connectivity index (χ0v) is 24.7. The predicted octanol–water partition coefficient (Wildman–Crippen LogP) is 6.08. The fourth-order valence-corrected chi connectivity index (χ4v) is 7.35. The molecule has 0 amide bonds. The molecule has 5 heterocycles. The highest BCUT2D eigenvalue weighted by Gasteiger charge is 2.53. The lowest BCUT2D eigenvalue weighted by atomic mass is 9.92. The van der Waals surface area contributed by atoms with Crippen molar-refractivity contribution < 1.29 is 36.8 Å². The lowest BCUT2D eigenvalue weighted by Crippen LogP contribution is -2.35. The number of halogens is 2. The van der Waals surface area contributed by atoms with Gasteiger partial charge in [-0.15, -0.1) is 0 Å². The van der Waals surface area contributed by atoms with Crippen LogP contribution in [0.4, 0.5) is 14.5 Å². The molecule has 0 saturated carbocycles. The smallest absolute Gasteiger partial charge is 0.434 e. The summed E-state index contributed by atoms with van der Waals surface area (Å²) in [6.45, 7) is 3.82. The molecule has 1 N–H and O–H groups in total. The lowest BCUT2D eigenvalue weighted by Gasteiger charge is -2.36. The highest BCUT2D eigenvalue weighted by molar-refractivity contribution is 7.47. The van der Waals surface area contributed by atoms with Crippen LogP contribution in [-0.2, 0) is 24.0 Å². The molecule has 3 aliphatic rings. The average molecular weight is 614 g/mol. The van der Waals surface area contributed by atoms with Crippen molar-refractivity contribution in [3.63, 3.8) is 0 Å². The summed E-state index contributed by atoms with van der Waals surface area (Å²) < 4.78 is 62.3. The van der Waals surface area contributed by atoms with E-state index in [0.717, 1.165) is 28.1 Å². The Bertz CT molecular complexity index is 1770. The number of hydrogen-bond acceptors (Lipinski definition) is 9. The summed E-state index contributed by atoms with van der Waals surface area (Å²) in [7, 11) is -4.28. The second-order valence-electron chi connectivity index (χ2n) is 11.3. The molecule has 2 aromatic heterocycles. The van der Waals surface area contributed by atoms with E-state index in [1.165, 1.54) is 0 Å². The number of imidazole rings is 1. The maximum Gasteiger partial charge on any atom is 0.473 e. The molecule has 0 spiro atoms. The van der Waals surface area contributed by atoms with Gasteiger partial charge in [0.15, 0.2) is 12.1 Å². The van der Waals surface area contributed by atoms with E-state index in [9.17, 15) is 18.2 Å². The first kappa shape index (κ1) is 28.3. The van der Waals surface area contributed by atoms with Crippen molar-refractivity contribution in [1.82, 2.24) is 19.5 Å². The number of aromatic nitrogens is 4. The maximum absolute atomic E-state index is 13.5. The van der Waals surface area contributed by atoms with Crippen molar-refractivity contribution in [2.24, 2.45) is 0 Å². The van der Waals surface area contributed by atoms with Crippen molar-refractivity contribution in [2.75, 3.05) is 11.5 Å². The zero-order chi connectivity index (χ0) is 30.3. The van der Waals surface area contributed by atoms with E-state index in [4.69, 9.17) is 23.5 Å². The molecule has 2 aromatic carbocycles. The summed E-state index contributed by atoms with van der Waals surface area (Å²) in [5.41, 5.74) is 3.36. The maximum atomic E-state index is 13.5. The van der Waals surface area contributed by atoms with E-state index in [1.807, 2.05) is 31.2 Å². The molecule has 2 bridgehead atoms. The Hall–Kier alpha value is -3.48. The third kappa shape index (κ3) is 4.79. The number of rotatable bonds is 9. The summed E-state index contributed by atoms with van der Waals surface area (Å²) in [5, 5.41) is 0. The van der Waals surface area contributed by atoms with Crippen molar-refractivity contribution >= 4 is 24.5 Å². The number of nitrogens with zero attached hydrogens (tertiary/aromatic N) is 5. The monoisotopic (exact) mass is 613 g/mol. The molecule has 226 valence electrons. The van der Waals surface area contributed by atoms with Crippen LogP contribution in [0.2, 0.25) is 0 Å². The van der Waals surface area contributed by atoms with Gasteiger partial charge in [-0.3, -0.25) is 9.05 Å². The summed E-state index contributed by atoms with van der Waals surface area (Å²) in [4.78, 5) is 25.9. The Labute approximate surface area is 246 Å². The van der Waals surface area contributed by atoms with E-state index < -0.39 is 20.0 Å². The summed E-state index contributed by atoms with van der Waals surface area (Å²) >= 11 is 0. The fraction of sp³-hybridized carbons (Fsp3) is 0.414. The van der Waals surface area contributed by atoms with Crippen LogP contribution in [0.15, 0.2) is 48.8 Å². The van der Waals surface area contributed by atoms with Crippen molar-refractivity contribution in [2.45, 2.75) is 70.7 Å². The minimum Gasteiger partial charge on any atom is -0.434 e. The third-order valence-corrected chi connectivity index (χ3v) is 9.36. The molecule has 7 rings (SSSR count). The Morgan fingerprint density at radius 1 is 1.16 bits per heavy atom. The zero-order valence-electron chi connectivity index (χ0n) is 23.8. The second-order valence-corrected chi connectivity index (χ2v) is 12.7. The van der Waals surface area contributed by atoms with E-state index in [1.54, 1.807) is 45.3 Å². The van der Waals surface area contributed by atoms with Gasteiger partial charge in [0.2, 0.25) is 0 Å². The second kappa shape index (κ2) is 10.0. The number of benzene rings is 2. The molecule has 43 heavy (non-hydrogen) atoms. The predicted molar refractivity (Wildman–Crippen MR) is 152 cm³/mol. The molecule has 3 aliphatic heterocycles. The molecule has 5 atom stereocenters. The van der Waals surface area contributed by atoms with Crippen LogP contribution in [-0.4, -0.2) is 50.0 Å². The fourth-order valence-electron chi connectivity index (χ4n) is 6.31. The molecular formula is C29H30F2N5O6P. The minimum absolute atomic E-state index is 0.0101. The number of phosphoric ester groups is 1. The van der Waals surface area contributed by atoms with Crippen LogP contribution in [0.5, 0.6) is 5.75 Å². The standard InChI is InChI=1S/C29H30F2N5O6P/c1-5-39-43(37,38)42-29(3,4)27-32-13-17(14-33-27)16-9-10-18-20(11-16)35-21-12-22(25(35)34-18)36(26-15(2)40-26)19-7-6-8-23(24(19)21)41-28(30)31/h6-11,13-15,21-22,26,28H,5,12H2,1-4H3,(H,37,38)/t15?,21-,22-,26?/m1/s1. The molecule has 1 saturated heterocycles. The summed E-state index contributed by atoms with van der Waals surface area (Å²) in [5.74, 6) is 1.20. The Kier molecular flexibility index (Phi) is 6.60. The molecular weight excluding hydrogens is 583 g/mol. The van der Waals surface area contributed by atoms with Gasteiger partial charge in [-0.2, -0.15) is 8.78 Å². The number of hydrogen-bond donors (Lipinski definition) is 1. The number of fused-ring (bicyclic) bond motifs is 3. The highest BCUT2D eigenvalue weighted by Crippen LogP contribution is 2.57. The van der Waals surface area contributed by atoms with Crippen LogP contribution < -0.4 is 9.64 Å². The van der Waals surface area contributed by atoms with Gasteiger partial charge in [0, 0.05) is 35.6 Å². The Morgan fingerprint density at radius 3 is 2.58 bits per heavy atom. The largest absolute Gasteiger partial charge is 0.473 e. The van der Waals surface area contributed by atoms with Crippen molar-refractivity contribution in [1.29, 1.82) is 0 Å².